The van der Waals surface area contributed by atoms with E-state index in [1.54, 1.807) is 0 Å². The zero-order chi connectivity index (χ0) is 14.1. The second-order valence-corrected chi connectivity index (χ2v) is 3.21. The Morgan fingerprint density at radius 3 is 2.33 bits per heavy atom. The molecule has 0 unspecified atom stereocenters. The molecule has 0 aliphatic rings. The highest BCUT2D eigenvalue weighted by atomic mass is 19.4. The van der Waals surface area contributed by atoms with Gasteiger partial charge in [-0.05, 0) is 0 Å². The fourth-order valence-electron chi connectivity index (χ4n) is 1.35. The molecule has 0 saturated carbocycles. The zero-order valence-electron chi connectivity index (χ0n) is 8.43. The molecule has 1 rings (SSSR count). The highest BCUT2D eigenvalue weighted by molar-refractivity contribution is 5.70. The minimum absolute atomic E-state index is 0.0764. The number of rotatable bonds is 3. The number of halogens is 6. The Kier molecular flexibility index (Phi) is 3.82. The molecule has 0 radical (unpaired) electrons. The molecule has 0 spiro atoms. The van der Waals surface area contributed by atoms with Gasteiger partial charge in [-0.3, -0.25) is 9.78 Å². The molecule has 3 nitrogen and oxygen atoms in total. The molecule has 0 saturated heterocycles. The Labute approximate surface area is 96.1 Å². The average molecular weight is 273 g/mol. The highest BCUT2D eigenvalue weighted by Gasteiger charge is 2.41. The number of nitrogens with zero attached hydrogens (tertiary/aromatic N) is 1. The van der Waals surface area contributed by atoms with Gasteiger partial charge in [0, 0.05) is 0 Å². The summed E-state index contributed by atoms with van der Waals surface area (Å²) in [5.74, 6) is -3.61. The largest absolute Gasteiger partial charge is 0.481 e. The first-order valence-corrected chi connectivity index (χ1v) is 4.39. The molecular weight excluding hydrogens is 268 g/mol. The average Bonchev–Trinajstić information content (AvgIpc) is 2.17. The molecule has 1 heterocycles. The summed E-state index contributed by atoms with van der Waals surface area (Å²) in [6, 6.07) is 0. The van der Waals surface area contributed by atoms with E-state index in [0.29, 0.717) is 0 Å². The minimum atomic E-state index is -5.36. The molecule has 0 atom stereocenters. The van der Waals surface area contributed by atoms with Crippen LogP contribution in [0.5, 0.6) is 0 Å². The van der Waals surface area contributed by atoms with Crippen LogP contribution in [0.3, 0.4) is 0 Å². The molecule has 18 heavy (non-hydrogen) atoms. The number of alkyl halides is 5. The molecule has 9 heteroatoms. The second-order valence-electron chi connectivity index (χ2n) is 3.21. The first-order valence-electron chi connectivity index (χ1n) is 4.39. The standard InChI is InChI=1S/C9H5F6NO2/c10-3-2-16-4(1-5(17)18)6(8(11)12)7(3)9(13,14)15/h2,8H,1H2,(H,17,18). The van der Waals surface area contributed by atoms with Gasteiger partial charge in [-0.1, -0.05) is 0 Å². The fraction of sp³-hybridized carbons (Fsp3) is 0.333. The lowest BCUT2D eigenvalue weighted by Gasteiger charge is -2.15. The van der Waals surface area contributed by atoms with E-state index in [-0.39, 0.29) is 6.20 Å². The molecule has 0 fully saturated rings. The van der Waals surface area contributed by atoms with Crippen LogP contribution < -0.4 is 0 Å². The lowest BCUT2D eigenvalue weighted by Crippen LogP contribution is -2.17. The van der Waals surface area contributed by atoms with Crippen molar-refractivity contribution in [1.82, 2.24) is 4.98 Å². The van der Waals surface area contributed by atoms with Gasteiger partial charge < -0.3 is 5.11 Å². The summed E-state index contributed by atoms with van der Waals surface area (Å²) in [5.41, 5.74) is -4.92. The van der Waals surface area contributed by atoms with Crippen LogP contribution in [-0.4, -0.2) is 16.1 Å². The van der Waals surface area contributed by atoms with Crippen molar-refractivity contribution < 1.29 is 36.2 Å². The van der Waals surface area contributed by atoms with Crippen molar-refractivity contribution in [1.29, 1.82) is 0 Å². The Morgan fingerprint density at radius 1 is 1.39 bits per heavy atom. The van der Waals surface area contributed by atoms with Crippen LogP contribution in [0.25, 0.3) is 0 Å². The molecule has 1 aromatic rings. The number of pyridine rings is 1. The number of carbonyl (C=O) groups is 1. The third-order valence-electron chi connectivity index (χ3n) is 1.97. The molecule has 0 aliphatic carbocycles. The first-order chi connectivity index (χ1) is 8.14. The van der Waals surface area contributed by atoms with Crippen molar-refractivity contribution in [3.8, 4) is 0 Å². The molecule has 1 N–H and O–H groups in total. The number of hydrogen-bond acceptors (Lipinski definition) is 2. The van der Waals surface area contributed by atoms with Crippen LogP contribution >= 0.6 is 0 Å². The van der Waals surface area contributed by atoms with Crippen LogP contribution in [0, 0.1) is 5.82 Å². The Balaban J connectivity index is 3.53. The molecule has 0 amide bonds. The fourth-order valence-corrected chi connectivity index (χ4v) is 1.35. The van der Waals surface area contributed by atoms with Gasteiger partial charge in [-0.2, -0.15) is 13.2 Å². The molecule has 1 aromatic heterocycles. The van der Waals surface area contributed by atoms with Gasteiger partial charge >= 0.3 is 12.1 Å². The lowest BCUT2D eigenvalue weighted by atomic mass is 10.0. The van der Waals surface area contributed by atoms with E-state index >= 15 is 0 Å². The third-order valence-corrected chi connectivity index (χ3v) is 1.97. The van der Waals surface area contributed by atoms with E-state index in [0.717, 1.165) is 0 Å². The van der Waals surface area contributed by atoms with Gasteiger partial charge in [0.25, 0.3) is 6.43 Å². The summed E-state index contributed by atoms with van der Waals surface area (Å²) in [7, 11) is 0. The molecule has 0 aromatic carbocycles. The highest BCUT2D eigenvalue weighted by Crippen LogP contribution is 2.39. The Bertz CT molecular complexity index is 471. The van der Waals surface area contributed by atoms with E-state index in [1.165, 1.54) is 0 Å². The van der Waals surface area contributed by atoms with Crippen LogP contribution in [0.2, 0.25) is 0 Å². The monoisotopic (exact) mass is 273 g/mol. The summed E-state index contributed by atoms with van der Waals surface area (Å²) < 4.78 is 75.4. The predicted molar refractivity (Wildman–Crippen MR) is 45.5 cm³/mol. The van der Waals surface area contributed by atoms with Crippen molar-refractivity contribution in [2.24, 2.45) is 0 Å². The maximum absolute atomic E-state index is 13.0. The number of aliphatic carboxylic acids is 1. The zero-order valence-corrected chi connectivity index (χ0v) is 8.43. The van der Waals surface area contributed by atoms with Gasteiger partial charge in [0.15, 0.2) is 5.82 Å². The normalized spacial score (nSPS) is 11.9. The van der Waals surface area contributed by atoms with Crippen LogP contribution in [-0.2, 0) is 17.4 Å². The Hall–Kier alpha value is -1.80. The summed E-state index contributed by atoms with van der Waals surface area (Å²) >= 11 is 0. The lowest BCUT2D eigenvalue weighted by molar-refractivity contribution is -0.142. The Morgan fingerprint density at radius 2 is 1.94 bits per heavy atom. The van der Waals surface area contributed by atoms with E-state index in [2.05, 4.69) is 4.98 Å². The van der Waals surface area contributed by atoms with Gasteiger partial charge in [-0.15, -0.1) is 0 Å². The summed E-state index contributed by atoms with van der Waals surface area (Å²) in [5, 5.41) is 8.38. The van der Waals surface area contributed by atoms with Crippen molar-refractivity contribution in [2.75, 3.05) is 0 Å². The predicted octanol–water partition coefficient (Wildman–Crippen LogP) is 2.80. The topological polar surface area (TPSA) is 50.2 Å². The first kappa shape index (κ1) is 14.3. The van der Waals surface area contributed by atoms with Crippen molar-refractivity contribution in [3.63, 3.8) is 0 Å². The summed E-state index contributed by atoms with van der Waals surface area (Å²) in [4.78, 5) is 13.3. The van der Waals surface area contributed by atoms with E-state index in [9.17, 15) is 31.1 Å². The second kappa shape index (κ2) is 4.83. The summed E-state index contributed by atoms with van der Waals surface area (Å²) in [6.45, 7) is 0. The molecule has 0 bridgehead atoms. The molecular formula is C9H5F6NO2. The van der Waals surface area contributed by atoms with Gasteiger partial charge in [0.05, 0.1) is 23.9 Å². The van der Waals surface area contributed by atoms with Crippen molar-refractivity contribution in [3.05, 3.63) is 28.8 Å². The van der Waals surface area contributed by atoms with Crippen LogP contribution in [0.4, 0.5) is 26.3 Å². The SMILES string of the molecule is O=C(O)Cc1ncc(F)c(C(F)(F)F)c1C(F)F. The van der Waals surface area contributed by atoms with E-state index in [1.807, 2.05) is 0 Å². The number of carboxylic acids is 1. The number of carboxylic acid groups (broad SMARTS) is 1. The minimum Gasteiger partial charge on any atom is -0.481 e. The quantitative estimate of drug-likeness (QED) is 0.861. The van der Waals surface area contributed by atoms with Gasteiger partial charge in [-0.25, -0.2) is 13.2 Å². The molecule has 0 aliphatic heterocycles. The number of hydrogen-bond donors (Lipinski definition) is 1. The third kappa shape index (κ3) is 2.90. The van der Waals surface area contributed by atoms with E-state index < -0.39 is 47.6 Å². The molecule has 100 valence electrons. The number of aromatic nitrogens is 1. The maximum atomic E-state index is 13.0. The van der Waals surface area contributed by atoms with E-state index in [4.69, 9.17) is 5.11 Å². The van der Waals surface area contributed by atoms with Crippen LogP contribution in [0.1, 0.15) is 23.2 Å². The summed E-state index contributed by atoms with van der Waals surface area (Å²) in [6.07, 6.45) is -10.1. The van der Waals surface area contributed by atoms with Gasteiger partial charge in [0.1, 0.15) is 5.56 Å². The smallest absolute Gasteiger partial charge is 0.419 e. The van der Waals surface area contributed by atoms with Crippen molar-refractivity contribution >= 4 is 5.97 Å². The van der Waals surface area contributed by atoms with Gasteiger partial charge in [0.2, 0.25) is 0 Å². The maximum Gasteiger partial charge on any atom is 0.419 e. The van der Waals surface area contributed by atoms with Crippen molar-refractivity contribution in [2.45, 2.75) is 19.0 Å². The van der Waals surface area contributed by atoms with Crippen LogP contribution in [0.15, 0.2) is 6.20 Å².